The van der Waals surface area contributed by atoms with E-state index in [-0.39, 0.29) is 5.41 Å². The Morgan fingerprint density at radius 1 is 0.442 bits per heavy atom. The number of rotatable bonds is 3. The van der Waals surface area contributed by atoms with Gasteiger partial charge in [0.15, 0.2) is 0 Å². The van der Waals surface area contributed by atoms with Gasteiger partial charge >= 0.3 is 0 Å². The lowest BCUT2D eigenvalue weighted by Gasteiger charge is -2.23. The number of fused-ring (bicyclic) bond motifs is 7. The molecule has 0 spiro atoms. The summed E-state index contributed by atoms with van der Waals surface area (Å²) in [4.78, 5) is 0. The van der Waals surface area contributed by atoms with Crippen molar-refractivity contribution in [3.05, 3.63) is 157 Å². The van der Waals surface area contributed by atoms with E-state index in [4.69, 9.17) is 0 Å². The predicted octanol–water partition coefficient (Wildman–Crippen LogP) is 10.7. The third kappa shape index (κ3) is 3.53. The molecular weight excluding hydrogens is 520 g/mol. The van der Waals surface area contributed by atoms with Gasteiger partial charge < -0.3 is 9.13 Å². The molecule has 0 unspecified atom stereocenters. The molecule has 43 heavy (non-hydrogen) atoms. The second kappa shape index (κ2) is 8.83. The summed E-state index contributed by atoms with van der Waals surface area (Å²) in [7, 11) is 0. The van der Waals surface area contributed by atoms with E-state index in [1.807, 2.05) is 0 Å². The van der Waals surface area contributed by atoms with Gasteiger partial charge in [-0.05, 0) is 105 Å². The fourth-order valence-electron chi connectivity index (χ4n) is 7.31. The minimum Gasteiger partial charge on any atom is -0.317 e. The molecule has 0 aliphatic heterocycles. The van der Waals surface area contributed by atoms with Gasteiger partial charge in [-0.25, -0.2) is 0 Å². The van der Waals surface area contributed by atoms with Crippen molar-refractivity contribution in [2.24, 2.45) is 0 Å². The van der Waals surface area contributed by atoms with Gasteiger partial charge in [-0.2, -0.15) is 0 Å². The SMILES string of the molecule is CC1(C)c2cc(-c3ccc4c(ccn4-c4ccccc4)c3)ccc2-c2ccc(-n3ccc4c5ccccc5ccc43)cc21. The van der Waals surface area contributed by atoms with E-state index < -0.39 is 0 Å². The topological polar surface area (TPSA) is 9.86 Å². The van der Waals surface area contributed by atoms with Gasteiger partial charge in [0.25, 0.3) is 0 Å². The molecule has 0 radical (unpaired) electrons. The Balaban J connectivity index is 1.11. The van der Waals surface area contributed by atoms with Crippen LogP contribution in [0, 0.1) is 0 Å². The second-order valence-electron chi connectivity index (χ2n) is 12.3. The normalized spacial score (nSPS) is 13.5. The lowest BCUT2D eigenvalue weighted by atomic mass is 9.81. The molecule has 6 aromatic carbocycles. The molecule has 2 aromatic heterocycles. The zero-order chi connectivity index (χ0) is 28.7. The van der Waals surface area contributed by atoms with E-state index in [1.54, 1.807) is 0 Å². The number of aromatic nitrogens is 2. The second-order valence-corrected chi connectivity index (χ2v) is 12.3. The van der Waals surface area contributed by atoms with Crippen molar-refractivity contribution >= 4 is 32.6 Å². The van der Waals surface area contributed by atoms with E-state index in [0.717, 1.165) is 0 Å². The average molecular weight is 551 g/mol. The maximum absolute atomic E-state index is 2.42. The Bertz CT molecular complexity index is 2370. The van der Waals surface area contributed by atoms with Crippen molar-refractivity contribution in [2.75, 3.05) is 0 Å². The molecule has 9 rings (SSSR count). The van der Waals surface area contributed by atoms with Crippen molar-refractivity contribution in [1.29, 1.82) is 0 Å². The van der Waals surface area contributed by atoms with Crippen molar-refractivity contribution in [3.63, 3.8) is 0 Å². The van der Waals surface area contributed by atoms with Gasteiger partial charge in [0.1, 0.15) is 0 Å². The maximum atomic E-state index is 2.42. The van der Waals surface area contributed by atoms with Crippen LogP contribution in [0.15, 0.2) is 146 Å². The van der Waals surface area contributed by atoms with E-state index in [0.29, 0.717) is 0 Å². The van der Waals surface area contributed by atoms with Crippen LogP contribution in [0.2, 0.25) is 0 Å². The Morgan fingerprint density at radius 3 is 2.00 bits per heavy atom. The monoisotopic (exact) mass is 550 g/mol. The Labute approximate surface area is 251 Å². The quantitative estimate of drug-likeness (QED) is 0.207. The number of hydrogen-bond acceptors (Lipinski definition) is 0. The number of benzene rings is 6. The van der Waals surface area contributed by atoms with E-state index in [2.05, 4.69) is 169 Å². The van der Waals surface area contributed by atoms with E-state index in [1.165, 1.54) is 77.3 Å². The summed E-state index contributed by atoms with van der Waals surface area (Å²) >= 11 is 0. The Hall–Kier alpha value is -5.34. The van der Waals surface area contributed by atoms with E-state index >= 15 is 0 Å². The van der Waals surface area contributed by atoms with Crippen molar-refractivity contribution in [3.8, 4) is 33.6 Å². The van der Waals surface area contributed by atoms with Crippen LogP contribution in [0.25, 0.3) is 66.2 Å². The van der Waals surface area contributed by atoms with Crippen LogP contribution in [-0.2, 0) is 5.41 Å². The molecule has 1 aliphatic rings. The van der Waals surface area contributed by atoms with Gasteiger partial charge in [-0.3, -0.25) is 0 Å². The molecule has 2 nitrogen and oxygen atoms in total. The first-order chi connectivity index (χ1) is 21.1. The highest BCUT2D eigenvalue weighted by Gasteiger charge is 2.36. The van der Waals surface area contributed by atoms with Crippen LogP contribution >= 0.6 is 0 Å². The molecule has 0 N–H and O–H groups in total. The molecule has 0 saturated heterocycles. The fourth-order valence-corrected chi connectivity index (χ4v) is 7.31. The van der Waals surface area contributed by atoms with Gasteiger partial charge in [-0.1, -0.05) is 86.6 Å². The average Bonchev–Trinajstić information content (AvgIpc) is 3.74. The zero-order valence-corrected chi connectivity index (χ0v) is 24.3. The molecule has 204 valence electrons. The largest absolute Gasteiger partial charge is 0.317 e. The number of para-hydroxylation sites is 1. The summed E-state index contributed by atoms with van der Waals surface area (Å²) in [5, 5.41) is 5.12. The highest BCUT2D eigenvalue weighted by molar-refractivity contribution is 6.07. The first-order valence-electron chi connectivity index (χ1n) is 15.0. The van der Waals surface area contributed by atoms with Crippen molar-refractivity contribution < 1.29 is 0 Å². The lowest BCUT2D eigenvalue weighted by Crippen LogP contribution is -2.15. The summed E-state index contributed by atoms with van der Waals surface area (Å²) in [6.07, 6.45) is 4.38. The van der Waals surface area contributed by atoms with Crippen molar-refractivity contribution in [1.82, 2.24) is 9.13 Å². The molecular formula is C41H30N2. The smallest absolute Gasteiger partial charge is 0.0534 e. The third-order valence-electron chi connectivity index (χ3n) is 9.59. The predicted molar refractivity (Wildman–Crippen MR) is 181 cm³/mol. The van der Waals surface area contributed by atoms with Crippen LogP contribution < -0.4 is 0 Å². The minimum absolute atomic E-state index is 0.104. The molecule has 8 aromatic rings. The van der Waals surface area contributed by atoms with Crippen LogP contribution in [0.5, 0.6) is 0 Å². The highest BCUT2D eigenvalue weighted by atomic mass is 15.0. The first-order valence-corrected chi connectivity index (χ1v) is 15.0. The third-order valence-corrected chi connectivity index (χ3v) is 9.59. The summed E-state index contributed by atoms with van der Waals surface area (Å²) < 4.78 is 4.60. The number of hydrogen-bond donors (Lipinski definition) is 0. The lowest BCUT2D eigenvalue weighted by molar-refractivity contribution is 0.660. The van der Waals surface area contributed by atoms with Crippen LogP contribution in [0.1, 0.15) is 25.0 Å². The molecule has 0 fully saturated rings. The van der Waals surface area contributed by atoms with Crippen LogP contribution in [0.4, 0.5) is 0 Å². The first kappa shape index (κ1) is 24.3. The van der Waals surface area contributed by atoms with Crippen LogP contribution in [0.3, 0.4) is 0 Å². The molecule has 0 amide bonds. The fraction of sp³-hybridized carbons (Fsp3) is 0.0732. The van der Waals surface area contributed by atoms with Gasteiger partial charge in [0.05, 0.1) is 11.0 Å². The summed E-state index contributed by atoms with van der Waals surface area (Å²) in [6, 6.07) is 49.0. The Morgan fingerprint density at radius 2 is 1.12 bits per heavy atom. The highest BCUT2D eigenvalue weighted by Crippen LogP contribution is 2.50. The minimum atomic E-state index is -0.104. The van der Waals surface area contributed by atoms with E-state index in [9.17, 15) is 0 Å². The standard InChI is InChI=1S/C41H30N2/c1-41(2)37-25-29(28-14-18-39-30(24-28)20-22-42(39)31-9-4-3-5-10-31)12-16-34(37)35-17-15-32(26-38(35)41)43-23-21-36-33-11-7-6-8-27(33)13-19-40(36)43/h3-26H,1-2H3. The molecule has 0 atom stereocenters. The number of nitrogens with zero attached hydrogens (tertiary/aromatic N) is 2. The summed E-state index contributed by atoms with van der Waals surface area (Å²) in [5.74, 6) is 0. The molecule has 1 aliphatic carbocycles. The zero-order valence-electron chi connectivity index (χ0n) is 24.3. The van der Waals surface area contributed by atoms with Gasteiger partial charge in [-0.15, -0.1) is 0 Å². The maximum Gasteiger partial charge on any atom is 0.0534 e. The van der Waals surface area contributed by atoms with Gasteiger partial charge in [0.2, 0.25) is 0 Å². The molecule has 0 saturated carbocycles. The molecule has 0 bridgehead atoms. The van der Waals surface area contributed by atoms with Crippen LogP contribution in [-0.4, -0.2) is 9.13 Å². The molecule has 2 heteroatoms. The molecule has 2 heterocycles. The summed E-state index contributed by atoms with van der Waals surface area (Å²) in [6.45, 7) is 4.74. The van der Waals surface area contributed by atoms with Crippen molar-refractivity contribution in [2.45, 2.75) is 19.3 Å². The summed E-state index contributed by atoms with van der Waals surface area (Å²) in [5.41, 5.74) is 12.7. The van der Waals surface area contributed by atoms with Gasteiger partial charge in [0, 0.05) is 40.0 Å². The Kier molecular flexibility index (Phi) is 4.99.